The zero-order chi connectivity index (χ0) is 16.2. The molecule has 3 rings (SSSR count). The maximum absolute atomic E-state index is 12.4. The van der Waals surface area contributed by atoms with Crippen LogP contribution < -0.4 is 5.32 Å². The zero-order valence-electron chi connectivity index (χ0n) is 13.2. The van der Waals surface area contributed by atoms with Crippen molar-refractivity contribution in [2.45, 2.75) is 19.4 Å². The number of pyridine rings is 1. The van der Waals surface area contributed by atoms with Crippen LogP contribution in [0.2, 0.25) is 0 Å². The molecule has 0 saturated carbocycles. The number of carbonyl (C=O) groups is 2. The highest BCUT2D eigenvalue weighted by atomic mass is 16.2. The molecule has 3 heterocycles. The number of likely N-dealkylation sites (N-methyl/N-ethyl adjacent to an activating group) is 1. The number of piperidine rings is 1. The van der Waals surface area contributed by atoms with Crippen LogP contribution in [0.1, 0.15) is 18.4 Å². The van der Waals surface area contributed by atoms with Crippen LogP contribution in [0, 0.1) is 5.92 Å². The lowest BCUT2D eigenvalue weighted by molar-refractivity contribution is -0.125. The maximum atomic E-state index is 12.4. The highest BCUT2D eigenvalue weighted by Gasteiger charge is 2.29. The first-order chi connectivity index (χ1) is 11.1. The molecule has 122 valence electrons. The summed E-state index contributed by atoms with van der Waals surface area (Å²) in [6.45, 7) is 2.62. The number of nitrogens with one attached hydrogen (secondary N) is 1. The normalized spacial score (nSPS) is 22.1. The van der Waals surface area contributed by atoms with Gasteiger partial charge in [0.15, 0.2) is 0 Å². The van der Waals surface area contributed by atoms with E-state index in [9.17, 15) is 9.59 Å². The molecule has 0 radical (unpaired) electrons. The molecule has 1 N–H and O–H groups in total. The molecule has 1 atom stereocenters. The summed E-state index contributed by atoms with van der Waals surface area (Å²) in [5.41, 5.74) is 1.15. The van der Waals surface area contributed by atoms with Crippen molar-refractivity contribution in [2.24, 2.45) is 10.9 Å². The third-order valence-corrected chi connectivity index (χ3v) is 4.30. The van der Waals surface area contributed by atoms with E-state index in [0.29, 0.717) is 12.5 Å². The fourth-order valence-electron chi connectivity index (χ4n) is 2.97. The Kier molecular flexibility index (Phi) is 4.66. The van der Waals surface area contributed by atoms with Gasteiger partial charge in [-0.05, 0) is 31.0 Å². The van der Waals surface area contributed by atoms with Gasteiger partial charge in [0.2, 0.25) is 11.9 Å². The van der Waals surface area contributed by atoms with Gasteiger partial charge in [-0.1, -0.05) is 6.07 Å². The summed E-state index contributed by atoms with van der Waals surface area (Å²) in [6.07, 6.45) is 5.47. The van der Waals surface area contributed by atoms with E-state index in [1.807, 2.05) is 18.3 Å². The summed E-state index contributed by atoms with van der Waals surface area (Å²) in [4.78, 5) is 35.7. The first-order valence-corrected chi connectivity index (χ1v) is 7.86. The monoisotopic (exact) mass is 315 g/mol. The summed E-state index contributed by atoms with van der Waals surface area (Å²) in [5.74, 6) is 0.139. The topological polar surface area (TPSA) is 77.9 Å². The van der Waals surface area contributed by atoms with Crippen LogP contribution in [0.4, 0.5) is 0 Å². The van der Waals surface area contributed by atoms with Gasteiger partial charge in [0.1, 0.15) is 6.54 Å². The molecule has 7 heteroatoms. The molecule has 0 bridgehead atoms. The molecule has 2 aliphatic rings. The number of amides is 2. The van der Waals surface area contributed by atoms with Gasteiger partial charge >= 0.3 is 0 Å². The van der Waals surface area contributed by atoms with Crippen LogP contribution in [-0.4, -0.2) is 59.2 Å². The highest BCUT2D eigenvalue weighted by molar-refractivity contribution is 6.08. The van der Waals surface area contributed by atoms with Crippen LogP contribution in [0.15, 0.2) is 29.5 Å². The Labute approximate surface area is 135 Å². The fourth-order valence-corrected chi connectivity index (χ4v) is 2.97. The van der Waals surface area contributed by atoms with E-state index < -0.39 is 0 Å². The fraction of sp³-hybridized carbons (Fsp3) is 0.500. The second-order valence-electron chi connectivity index (χ2n) is 6.02. The number of carbonyl (C=O) groups excluding carboxylic acids is 2. The van der Waals surface area contributed by atoms with Crippen molar-refractivity contribution in [3.63, 3.8) is 0 Å². The Morgan fingerprint density at radius 3 is 3.04 bits per heavy atom. The smallest absolute Gasteiger partial charge is 0.250 e. The zero-order valence-corrected chi connectivity index (χ0v) is 13.2. The molecule has 0 aliphatic carbocycles. The predicted molar refractivity (Wildman–Crippen MR) is 85.5 cm³/mol. The SMILES string of the molecule is CN1C(=O)CN=C1NC(=O)C1CCCN(Cc2cccnc2)C1. The number of nitrogens with zero attached hydrogens (tertiary/aromatic N) is 4. The number of aromatic nitrogens is 1. The third kappa shape index (κ3) is 3.73. The van der Waals surface area contributed by atoms with Crippen molar-refractivity contribution in [3.8, 4) is 0 Å². The molecule has 0 aromatic carbocycles. The van der Waals surface area contributed by atoms with Gasteiger partial charge in [-0.15, -0.1) is 0 Å². The minimum atomic E-state index is -0.0952. The summed E-state index contributed by atoms with van der Waals surface area (Å²) in [6, 6.07) is 3.97. The van der Waals surface area contributed by atoms with Gasteiger partial charge < -0.3 is 0 Å². The highest BCUT2D eigenvalue weighted by Crippen LogP contribution is 2.18. The van der Waals surface area contributed by atoms with Crippen molar-refractivity contribution in [2.75, 3.05) is 26.7 Å². The molecule has 1 saturated heterocycles. The van der Waals surface area contributed by atoms with Gasteiger partial charge in [-0.2, -0.15) is 0 Å². The number of rotatable bonds is 3. The minimum Gasteiger partial charge on any atom is -0.298 e. The molecular weight excluding hydrogens is 294 g/mol. The van der Waals surface area contributed by atoms with E-state index in [2.05, 4.69) is 20.2 Å². The van der Waals surface area contributed by atoms with Crippen molar-refractivity contribution in [1.29, 1.82) is 0 Å². The van der Waals surface area contributed by atoms with Gasteiger partial charge in [-0.3, -0.25) is 29.7 Å². The van der Waals surface area contributed by atoms with Crippen LogP contribution >= 0.6 is 0 Å². The quantitative estimate of drug-likeness (QED) is 0.866. The lowest BCUT2D eigenvalue weighted by atomic mass is 9.97. The predicted octanol–water partition coefficient (Wildman–Crippen LogP) is 0.238. The van der Waals surface area contributed by atoms with Gasteiger partial charge in [0.25, 0.3) is 5.91 Å². The summed E-state index contributed by atoms with van der Waals surface area (Å²) in [5, 5.41) is 2.79. The third-order valence-electron chi connectivity index (χ3n) is 4.30. The Bertz CT molecular complexity index is 616. The molecule has 1 fully saturated rings. The standard InChI is InChI=1S/C16H21N5O2/c1-20-14(22)9-18-16(20)19-15(23)13-5-3-7-21(11-13)10-12-4-2-6-17-8-12/h2,4,6,8,13H,3,5,7,9-11H2,1H3,(H,18,19,23). The lowest BCUT2D eigenvalue weighted by Gasteiger charge is -2.32. The second kappa shape index (κ2) is 6.87. The molecule has 2 amide bonds. The van der Waals surface area contributed by atoms with Crippen molar-refractivity contribution in [3.05, 3.63) is 30.1 Å². The van der Waals surface area contributed by atoms with E-state index >= 15 is 0 Å². The molecule has 1 aromatic heterocycles. The minimum absolute atomic E-state index is 0.0545. The molecule has 7 nitrogen and oxygen atoms in total. The van der Waals surface area contributed by atoms with E-state index in [1.165, 1.54) is 4.90 Å². The van der Waals surface area contributed by atoms with Gasteiger partial charge in [0.05, 0.1) is 5.92 Å². The Morgan fingerprint density at radius 1 is 1.48 bits per heavy atom. The van der Waals surface area contributed by atoms with E-state index in [-0.39, 0.29) is 24.3 Å². The summed E-state index contributed by atoms with van der Waals surface area (Å²) >= 11 is 0. The number of aliphatic imine (C=N–C) groups is 1. The average Bonchev–Trinajstić information content (AvgIpc) is 2.88. The van der Waals surface area contributed by atoms with E-state index in [0.717, 1.165) is 31.5 Å². The van der Waals surface area contributed by atoms with Gasteiger partial charge in [0, 0.05) is 32.5 Å². The average molecular weight is 315 g/mol. The van der Waals surface area contributed by atoms with Crippen molar-refractivity contribution in [1.82, 2.24) is 20.1 Å². The Balaban J connectivity index is 1.56. The molecular formula is C16H21N5O2. The number of likely N-dealkylation sites (tertiary alicyclic amines) is 1. The van der Waals surface area contributed by atoms with Crippen LogP contribution in [0.3, 0.4) is 0 Å². The van der Waals surface area contributed by atoms with Crippen LogP contribution in [0.5, 0.6) is 0 Å². The van der Waals surface area contributed by atoms with Crippen LogP contribution in [-0.2, 0) is 16.1 Å². The number of hydrogen-bond acceptors (Lipinski definition) is 5. The maximum Gasteiger partial charge on any atom is 0.250 e. The molecule has 23 heavy (non-hydrogen) atoms. The summed E-state index contributed by atoms with van der Waals surface area (Å²) < 4.78 is 0. The van der Waals surface area contributed by atoms with E-state index in [1.54, 1.807) is 13.2 Å². The number of hydrogen-bond donors (Lipinski definition) is 1. The van der Waals surface area contributed by atoms with Crippen molar-refractivity contribution < 1.29 is 9.59 Å². The first kappa shape index (κ1) is 15.6. The molecule has 1 unspecified atom stereocenters. The van der Waals surface area contributed by atoms with Gasteiger partial charge in [-0.25, -0.2) is 4.99 Å². The Hall–Kier alpha value is -2.28. The molecule has 0 spiro atoms. The first-order valence-electron chi connectivity index (χ1n) is 7.86. The molecule has 2 aliphatic heterocycles. The second-order valence-corrected chi connectivity index (χ2v) is 6.02. The largest absolute Gasteiger partial charge is 0.298 e. The van der Waals surface area contributed by atoms with Crippen molar-refractivity contribution >= 4 is 17.8 Å². The number of guanidine groups is 1. The van der Waals surface area contributed by atoms with Crippen LogP contribution in [0.25, 0.3) is 0 Å². The molecule has 1 aromatic rings. The summed E-state index contributed by atoms with van der Waals surface area (Å²) in [7, 11) is 1.63. The Morgan fingerprint density at radius 2 is 2.35 bits per heavy atom. The lowest BCUT2D eigenvalue weighted by Crippen LogP contribution is -2.47. The van der Waals surface area contributed by atoms with E-state index in [4.69, 9.17) is 0 Å².